The van der Waals surface area contributed by atoms with Crippen molar-refractivity contribution in [2.45, 2.75) is 24.7 Å². The Kier molecular flexibility index (Phi) is 5.62. The first-order chi connectivity index (χ1) is 12.8. The Labute approximate surface area is 164 Å². The topological polar surface area (TPSA) is 75.7 Å². The van der Waals surface area contributed by atoms with Crippen molar-refractivity contribution in [2.75, 3.05) is 24.9 Å². The highest BCUT2D eigenvalue weighted by Crippen LogP contribution is 2.28. The van der Waals surface area contributed by atoms with Crippen LogP contribution in [0.3, 0.4) is 0 Å². The number of halogens is 1. The van der Waals surface area contributed by atoms with Crippen LogP contribution in [0.4, 0.5) is 5.69 Å². The zero-order chi connectivity index (χ0) is 19.6. The molecule has 1 saturated heterocycles. The molecule has 2 aromatic rings. The Morgan fingerprint density at radius 3 is 2.48 bits per heavy atom. The van der Waals surface area contributed by atoms with Crippen LogP contribution < -0.4 is 9.46 Å². The molecule has 1 N–H and O–H groups in total. The number of hydrogen-bond acceptors (Lipinski definition) is 4. The number of amides is 1. The summed E-state index contributed by atoms with van der Waals surface area (Å²) in [6.07, 6.45) is 1.89. The number of benzene rings is 2. The van der Waals surface area contributed by atoms with E-state index in [2.05, 4.69) is 4.72 Å². The zero-order valence-corrected chi connectivity index (χ0v) is 16.7. The van der Waals surface area contributed by atoms with Crippen LogP contribution in [0.15, 0.2) is 41.3 Å². The third-order valence-corrected chi connectivity index (χ3v) is 6.12. The summed E-state index contributed by atoms with van der Waals surface area (Å²) >= 11 is 6.05. The number of hydrogen-bond donors (Lipinski definition) is 1. The smallest absolute Gasteiger partial charge is 0.261 e. The van der Waals surface area contributed by atoms with Gasteiger partial charge in [0.15, 0.2) is 0 Å². The average molecular weight is 409 g/mol. The number of carbonyl (C=O) groups is 1. The summed E-state index contributed by atoms with van der Waals surface area (Å²) in [4.78, 5) is 14.6. The first-order valence-electron chi connectivity index (χ1n) is 8.58. The van der Waals surface area contributed by atoms with E-state index in [1.807, 2.05) is 0 Å². The van der Waals surface area contributed by atoms with Crippen LogP contribution in [0.5, 0.6) is 5.75 Å². The lowest BCUT2D eigenvalue weighted by molar-refractivity contribution is 0.0794. The van der Waals surface area contributed by atoms with E-state index in [0.29, 0.717) is 29.4 Å². The number of nitrogens with one attached hydrogen (secondary N) is 1. The molecule has 0 saturated carbocycles. The highest BCUT2D eigenvalue weighted by atomic mass is 35.5. The van der Waals surface area contributed by atoms with E-state index in [1.165, 1.54) is 31.4 Å². The van der Waals surface area contributed by atoms with Crippen LogP contribution >= 0.6 is 11.6 Å². The van der Waals surface area contributed by atoms with Crippen LogP contribution in [0.2, 0.25) is 5.02 Å². The Balaban J connectivity index is 1.94. The second kappa shape index (κ2) is 7.78. The van der Waals surface area contributed by atoms with Gasteiger partial charge in [-0.1, -0.05) is 11.6 Å². The summed E-state index contributed by atoms with van der Waals surface area (Å²) in [6, 6.07) is 9.16. The largest absolute Gasteiger partial charge is 0.496 e. The first-order valence-corrected chi connectivity index (χ1v) is 10.4. The van der Waals surface area contributed by atoms with Crippen molar-refractivity contribution in [1.82, 2.24) is 4.90 Å². The predicted molar refractivity (Wildman–Crippen MR) is 105 cm³/mol. The van der Waals surface area contributed by atoms with Crippen molar-refractivity contribution in [3.63, 3.8) is 0 Å². The minimum atomic E-state index is -3.87. The molecule has 0 radical (unpaired) electrons. The number of ether oxygens (including phenoxy) is 1. The van der Waals surface area contributed by atoms with Gasteiger partial charge in [0.05, 0.1) is 23.3 Å². The highest BCUT2D eigenvalue weighted by Gasteiger charge is 2.25. The van der Waals surface area contributed by atoms with Gasteiger partial charge in [0, 0.05) is 18.1 Å². The van der Waals surface area contributed by atoms with Gasteiger partial charge in [-0.3, -0.25) is 9.52 Å². The molecule has 0 bridgehead atoms. The lowest BCUT2D eigenvalue weighted by Crippen LogP contribution is -2.29. The molecule has 0 aromatic heterocycles. The molecule has 1 amide bonds. The van der Waals surface area contributed by atoms with Gasteiger partial charge in [0.2, 0.25) is 0 Å². The van der Waals surface area contributed by atoms with Crippen LogP contribution in [0, 0.1) is 6.92 Å². The van der Waals surface area contributed by atoms with Gasteiger partial charge in [-0.25, -0.2) is 8.42 Å². The summed E-state index contributed by atoms with van der Waals surface area (Å²) in [6.45, 7) is 3.09. The molecule has 8 heteroatoms. The lowest BCUT2D eigenvalue weighted by atomic mass is 10.1. The normalized spacial score (nSPS) is 14.3. The van der Waals surface area contributed by atoms with Gasteiger partial charge >= 0.3 is 0 Å². The third-order valence-electron chi connectivity index (χ3n) is 4.53. The Bertz CT molecular complexity index is 970. The van der Waals surface area contributed by atoms with Gasteiger partial charge in [-0.2, -0.15) is 0 Å². The number of aryl methyl sites for hydroxylation is 1. The maximum atomic E-state index is 12.8. The highest BCUT2D eigenvalue weighted by molar-refractivity contribution is 7.92. The SMILES string of the molecule is COc1ccc(S(=O)(=O)Nc2ccc(Cl)cc2C(=O)N2CCCC2)cc1C. The quantitative estimate of drug-likeness (QED) is 0.818. The molecule has 2 aromatic carbocycles. The number of rotatable bonds is 5. The third kappa shape index (κ3) is 4.20. The minimum Gasteiger partial charge on any atom is -0.496 e. The van der Waals surface area contributed by atoms with Gasteiger partial charge in [-0.15, -0.1) is 0 Å². The van der Waals surface area contributed by atoms with E-state index in [-0.39, 0.29) is 22.1 Å². The van der Waals surface area contributed by atoms with E-state index >= 15 is 0 Å². The van der Waals surface area contributed by atoms with Crippen molar-refractivity contribution < 1.29 is 17.9 Å². The second-order valence-corrected chi connectivity index (χ2v) is 8.54. The monoisotopic (exact) mass is 408 g/mol. The van der Waals surface area contributed by atoms with Crippen LogP contribution in [-0.2, 0) is 10.0 Å². The molecule has 1 fully saturated rings. The molecule has 6 nitrogen and oxygen atoms in total. The van der Waals surface area contributed by atoms with Crippen molar-refractivity contribution in [3.05, 3.63) is 52.5 Å². The molecule has 0 unspecified atom stereocenters. The standard InChI is InChI=1S/C19H21ClN2O4S/c1-13-11-15(6-8-18(13)26-2)27(24,25)21-17-7-5-14(20)12-16(17)19(23)22-9-3-4-10-22/h5-8,11-12,21H,3-4,9-10H2,1-2H3. The summed E-state index contributed by atoms with van der Waals surface area (Å²) in [7, 11) is -2.35. The van der Waals surface area contributed by atoms with Crippen molar-refractivity contribution in [2.24, 2.45) is 0 Å². The summed E-state index contributed by atoms with van der Waals surface area (Å²) in [5, 5.41) is 0.376. The van der Waals surface area contributed by atoms with E-state index in [4.69, 9.17) is 16.3 Å². The average Bonchev–Trinajstić information content (AvgIpc) is 3.17. The fourth-order valence-corrected chi connectivity index (χ4v) is 4.43. The second-order valence-electron chi connectivity index (χ2n) is 6.43. The van der Waals surface area contributed by atoms with E-state index < -0.39 is 10.0 Å². The number of likely N-dealkylation sites (tertiary alicyclic amines) is 1. The van der Waals surface area contributed by atoms with Gasteiger partial charge in [-0.05, 0) is 61.7 Å². The molecular weight excluding hydrogens is 388 g/mol. The fraction of sp³-hybridized carbons (Fsp3) is 0.316. The van der Waals surface area contributed by atoms with Crippen molar-refractivity contribution in [3.8, 4) is 5.75 Å². The zero-order valence-electron chi connectivity index (χ0n) is 15.2. The van der Waals surface area contributed by atoms with Crippen LogP contribution in [0.1, 0.15) is 28.8 Å². The Morgan fingerprint density at radius 2 is 1.85 bits per heavy atom. The number of anilines is 1. The molecule has 27 heavy (non-hydrogen) atoms. The van der Waals surface area contributed by atoms with Crippen LogP contribution in [-0.4, -0.2) is 39.4 Å². The summed E-state index contributed by atoms with van der Waals surface area (Å²) in [5.74, 6) is 0.379. The Morgan fingerprint density at radius 1 is 1.15 bits per heavy atom. The predicted octanol–water partition coefficient (Wildman–Crippen LogP) is 3.69. The molecule has 0 aliphatic carbocycles. The molecule has 0 spiro atoms. The van der Waals surface area contributed by atoms with E-state index in [1.54, 1.807) is 24.0 Å². The maximum Gasteiger partial charge on any atom is 0.261 e. The molecule has 0 atom stereocenters. The van der Waals surface area contributed by atoms with Crippen molar-refractivity contribution >= 4 is 33.2 Å². The van der Waals surface area contributed by atoms with Crippen molar-refractivity contribution in [1.29, 1.82) is 0 Å². The number of carbonyl (C=O) groups excluding carboxylic acids is 1. The summed E-state index contributed by atoms with van der Waals surface area (Å²) < 4.78 is 33.3. The molecule has 1 heterocycles. The molecular formula is C19H21ClN2O4S. The molecule has 3 rings (SSSR count). The molecule has 144 valence electrons. The molecule has 1 aliphatic heterocycles. The number of methoxy groups -OCH3 is 1. The van der Waals surface area contributed by atoms with Gasteiger partial charge in [0.25, 0.3) is 15.9 Å². The first kappa shape index (κ1) is 19.5. The Hall–Kier alpha value is -2.25. The number of nitrogens with zero attached hydrogens (tertiary/aromatic N) is 1. The van der Waals surface area contributed by atoms with Crippen LogP contribution in [0.25, 0.3) is 0 Å². The van der Waals surface area contributed by atoms with E-state index in [0.717, 1.165) is 12.8 Å². The number of sulfonamides is 1. The fourth-order valence-electron chi connectivity index (χ4n) is 3.09. The summed E-state index contributed by atoms with van der Waals surface area (Å²) in [5.41, 5.74) is 1.16. The lowest BCUT2D eigenvalue weighted by Gasteiger charge is -2.19. The molecule has 1 aliphatic rings. The maximum absolute atomic E-state index is 12.8. The van der Waals surface area contributed by atoms with E-state index in [9.17, 15) is 13.2 Å². The van der Waals surface area contributed by atoms with Gasteiger partial charge in [0.1, 0.15) is 5.75 Å². The van der Waals surface area contributed by atoms with Gasteiger partial charge < -0.3 is 9.64 Å². The minimum absolute atomic E-state index is 0.0929.